The first kappa shape index (κ1) is 10.5. The van der Waals surface area contributed by atoms with Crippen LogP contribution < -0.4 is 0 Å². The van der Waals surface area contributed by atoms with Crippen molar-refractivity contribution in [3.63, 3.8) is 0 Å². The molecular formula is C7H8N2O4S. The van der Waals surface area contributed by atoms with E-state index in [4.69, 9.17) is 5.11 Å². The van der Waals surface area contributed by atoms with E-state index in [1.165, 1.54) is 19.6 Å². The van der Waals surface area contributed by atoms with Gasteiger partial charge in [0.2, 0.25) is 5.71 Å². The summed E-state index contributed by atoms with van der Waals surface area (Å²) in [5.41, 5.74) is 0.146. The molecule has 0 spiro atoms. The Morgan fingerprint density at radius 2 is 2.36 bits per heavy atom. The molecule has 0 aromatic carbocycles. The minimum absolute atomic E-state index is 0.0773. The van der Waals surface area contributed by atoms with Crippen molar-refractivity contribution in [2.45, 2.75) is 0 Å². The number of esters is 1. The van der Waals surface area contributed by atoms with E-state index in [2.05, 4.69) is 19.7 Å². The van der Waals surface area contributed by atoms with E-state index in [1.54, 1.807) is 0 Å². The third-order valence-electron chi connectivity index (χ3n) is 1.30. The fourth-order valence-electron chi connectivity index (χ4n) is 0.750. The fourth-order valence-corrected chi connectivity index (χ4v) is 1.28. The third-order valence-corrected chi connectivity index (χ3v) is 1.94. The standard InChI is InChI=1S/C7H8N2O4S/c1-12-6(10)5(9-13-2)4-3-14-7(11)8-4/h3H,1-2H3,(H,8,11). The molecule has 0 bridgehead atoms. The van der Waals surface area contributed by atoms with Gasteiger partial charge in [-0.05, 0) is 0 Å². The number of aromatic hydroxyl groups is 1. The van der Waals surface area contributed by atoms with E-state index in [0.29, 0.717) is 0 Å². The van der Waals surface area contributed by atoms with Gasteiger partial charge >= 0.3 is 5.97 Å². The Morgan fingerprint density at radius 3 is 2.79 bits per heavy atom. The Hall–Kier alpha value is -1.63. The molecule has 0 radical (unpaired) electrons. The number of ether oxygens (including phenoxy) is 1. The molecule has 0 saturated carbocycles. The van der Waals surface area contributed by atoms with Gasteiger partial charge in [-0.1, -0.05) is 16.5 Å². The maximum absolute atomic E-state index is 11.2. The van der Waals surface area contributed by atoms with Crippen LogP contribution in [0.4, 0.5) is 0 Å². The van der Waals surface area contributed by atoms with Crippen molar-refractivity contribution in [1.29, 1.82) is 0 Å². The molecule has 76 valence electrons. The van der Waals surface area contributed by atoms with Gasteiger partial charge in [0.25, 0.3) is 5.19 Å². The van der Waals surface area contributed by atoms with Crippen molar-refractivity contribution in [3.8, 4) is 5.19 Å². The zero-order chi connectivity index (χ0) is 10.6. The van der Waals surface area contributed by atoms with Crippen LogP contribution in [0, 0.1) is 0 Å². The molecule has 0 unspecified atom stereocenters. The molecule has 0 saturated heterocycles. The number of hydrogen-bond donors (Lipinski definition) is 1. The van der Waals surface area contributed by atoms with Crippen molar-refractivity contribution >= 4 is 23.0 Å². The van der Waals surface area contributed by atoms with E-state index < -0.39 is 5.97 Å². The Balaban J connectivity index is 3.00. The number of nitrogens with zero attached hydrogens (tertiary/aromatic N) is 2. The summed E-state index contributed by atoms with van der Waals surface area (Å²) < 4.78 is 4.46. The summed E-state index contributed by atoms with van der Waals surface area (Å²) in [6, 6.07) is 0. The van der Waals surface area contributed by atoms with E-state index >= 15 is 0 Å². The minimum Gasteiger partial charge on any atom is -0.486 e. The molecule has 0 aliphatic heterocycles. The first-order chi connectivity index (χ1) is 6.69. The summed E-state index contributed by atoms with van der Waals surface area (Å²) >= 11 is 0.987. The van der Waals surface area contributed by atoms with E-state index in [1.807, 2.05) is 0 Å². The second-order valence-electron chi connectivity index (χ2n) is 2.13. The maximum atomic E-state index is 11.2. The molecule has 0 aliphatic rings. The number of oxime groups is 1. The van der Waals surface area contributed by atoms with Gasteiger partial charge in [0, 0.05) is 5.38 Å². The van der Waals surface area contributed by atoms with E-state index in [-0.39, 0.29) is 16.6 Å². The Labute approximate surface area is 83.8 Å². The number of carbonyl (C=O) groups is 1. The lowest BCUT2D eigenvalue weighted by Crippen LogP contribution is -2.17. The van der Waals surface area contributed by atoms with Gasteiger partial charge in [-0.3, -0.25) is 0 Å². The van der Waals surface area contributed by atoms with Crippen molar-refractivity contribution < 1.29 is 19.5 Å². The number of rotatable bonds is 3. The van der Waals surface area contributed by atoms with Crippen molar-refractivity contribution in [2.24, 2.45) is 5.16 Å². The second kappa shape index (κ2) is 4.56. The van der Waals surface area contributed by atoms with Crippen LogP contribution in [0.3, 0.4) is 0 Å². The molecule has 7 heteroatoms. The van der Waals surface area contributed by atoms with Crippen LogP contribution >= 0.6 is 11.3 Å². The quantitative estimate of drug-likeness (QED) is 0.448. The third kappa shape index (κ3) is 2.19. The second-order valence-corrected chi connectivity index (χ2v) is 2.97. The van der Waals surface area contributed by atoms with E-state index in [9.17, 15) is 4.79 Å². The summed E-state index contributed by atoms with van der Waals surface area (Å²) in [5.74, 6) is -0.669. The molecule has 14 heavy (non-hydrogen) atoms. The average Bonchev–Trinajstić information content (AvgIpc) is 2.60. The lowest BCUT2D eigenvalue weighted by atomic mass is 10.3. The van der Waals surface area contributed by atoms with Crippen LogP contribution in [-0.2, 0) is 14.4 Å². The number of carbonyl (C=O) groups excluding carboxylic acids is 1. The Kier molecular flexibility index (Phi) is 3.41. The number of aromatic nitrogens is 1. The molecule has 0 fully saturated rings. The van der Waals surface area contributed by atoms with Gasteiger partial charge in [-0.15, -0.1) is 0 Å². The zero-order valence-electron chi connectivity index (χ0n) is 7.55. The summed E-state index contributed by atoms with van der Waals surface area (Å²) in [6.45, 7) is 0. The Morgan fingerprint density at radius 1 is 1.64 bits per heavy atom. The molecule has 6 nitrogen and oxygen atoms in total. The lowest BCUT2D eigenvalue weighted by Gasteiger charge is -1.98. The number of hydrogen-bond acceptors (Lipinski definition) is 7. The minimum atomic E-state index is -0.669. The number of methoxy groups -OCH3 is 1. The predicted octanol–water partition coefficient (Wildman–Crippen LogP) is 0.372. The predicted molar refractivity (Wildman–Crippen MR) is 49.3 cm³/mol. The molecule has 0 atom stereocenters. The molecule has 1 aromatic heterocycles. The molecule has 1 N–H and O–H groups in total. The summed E-state index contributed by atoms with van der Waals surface area (Å²) in [4.78, 5) is 19.3. The van der Waals surface area contributed by atoms with Gasteiger partial charge in [0.05, 0.1) is 7.11 Å². The van der Waals surface area contributed by atoms with Crippen LogP contribution in [0.1, 0.15) is 5.69 Å². The molecular weight excluding hydrogens is 208 g/mol. The van der Waals surface area contributed by atoms with Crippen molar-refractivity contribution in [3.05, 3.63) is 11.1 Å². The highest BCUT2D eigenvalue weighted by Crippen LogP contribution is 2.16. The highest BCUT2D eigenvalue weighted by atomic mass is 32.1. The van der Waals surface area contributed by atoms with Crippen molar-refractivity contribution in [1.82, 2.24) is 4.98 Å². The molecule has 0 amide bonds. The normalized spacial score (nSPS) is 11.1. The van der Waals surface area contributed by atoms with Gasteiger partial charge in [0.1, 0.15) is 12.8 Å². The van der Waals surface area contributed by atoms with Crippen LogP contribution in [0.25, 0.3) is 0 Å². The summed E-state index contributed by atoms with van der Waals surface area (Å²) in [5, 5.41) is 13.8. The van der Waals surface area contributed by atoms with Crippen LogP contribution in [0.2, 0.25) is 0 Å². The van der Waals surface area contributed by atoms with Gasteiger partial charge in [-0.25, -0.2) is 9.78 Å². The summed E-state index contributed by atoms with van der Waals surface area (Å²) in [7, 11) is 2.52. The smallest absolute Gasteiger partial charge is 0.362 e. The maximum Gasteiger partial charge on any atom is 0.362 e. The van der Waals surface area contributed by atoms with Crippen LogP contribution in [-0.4, -0.2) is 36.0 Å². The first-order valence-electron chi connectivity index (χ1n) is 3.53. The monoisotopic (exact) mass is 216 g/mol. The van der Waals surface area contributed by atoms with Gasteiger partial charge < -0.3 is 14.7 Å². The summed E-state index contributed by atoms with van der Waals surface area (Å²) in [6.07, 6.45) is 0. The van der Waals surface area contributed by atoms with Crippen LogP contribution in [0.5, 0.6) is 5.19 Å². The SMILES string of the molecule is CON=C(C(=O)OC)c1csc(O)n1. The average molecular weight is 216 g/mol. The molecule has 1 aromatic rings. The van der Waals surface area contributed by atoms with Crippen molar-refractivity contribution in [2.75, 3.05) is 14.2 Å². The highest BCUT2D eigenvalue weighted by Gasteiger charge is 2.18. The highest BCUT2D eigenvalue weighted by molar-refractivity contribution is 7.11. The first-order valence-corrected chi connectivity index (χ1v) is 4.41. The largest absolute Gasteiger partial charge is 0.486 e. The number of thiazole rings is 1. The van der Waals surface area contributed by atoms with Gasteiger partial charge in [-0.2, -0.15) is 0 Å². The molecule has 1 heterocycles. The molecule has 1 rings (SSSR count). The van der Waals surface area contributed by atoms with Gasteiger partial charge in [0.15, 0.2) is 0 Å². The fraction of sp³-hybridized carbons (Fsp3) is 0.286. The lowest BCUT2D eigenvalue weighted by molar-refractivity contribution is -0.132. The zero-order valence-corrected chi connectivity index (χ0v) is 8.37. The Bertz CT molecular complexity index is 360. The van der Waals surface area contributed by atoms with E-state index in [0.717, 1.165) is 11.3 Å². The van der Waals surface area contributed by atoms with Crippen LogP contribution in [0.15, 0.2) is 10.5 Å². The molecule has 0 aliphatic carbocycles. The topological polar surface area (TPSA) is 81.0 Å².